The van der Waals surface area contributed by atoms with Crippen molar-refractivity contribution in [3.05, 3.63) is 54.2 Å². The molecule has 0 fully saturated rings. The fourth-order valence-corrected chi connectivity index (χ4v) is 2.55. The van der Waals surface area contributed by atoms with E-state index in [1.54, 1.807) is 41.5 Å². The molecule has 0 unspecified atom stereocenters. The van der Waals surface area contributed by atoms with Crippen LogP contribution in [0.2, 0.25) is 0 Å². The number of hydrogen-bond donors (Lipinski definition) is 1. The average molecular weight is 334 g/mol. The van der Waals surface area contributed by atoms with E-state index in [-0.39, 0.29) is 5.91 Å². The van der Waals surface area contributed by atoms with E-state index in [9.17, 15) is 4.79 Å². The third kappa shape index (κ3) is 2.71. The third-order valence-corrected chi connectivity index (χ3v) is 3.75. The molecule has 0 aliphatic carbocycles. The van der Waals surface area contributed by atoms with Gasteiger partial charge in [0.2, 0.25) is 0 Å². The van der Waals surface area contributed by atoms with Crippen LogP contribution in [-0.4, -0.2) is 40.6 Å². The molecule has 4 aromatic heterocycles. The lowest BCUT2D eigenvalue weighted by atomic mass is 10.2. The van der Waals surface area contributed by atoms with E-state index in [1.165, 1.54) is 11.0 Å². The molecule has 0 saturated heterocycles. The van der Waals surface area contributed by atoms with Gasteiger partial charge in [-0.3, -0.25) is 9.48 Å². The number of carbonyl (C=O) groups excluding carboxylic acids is 1. The average Bonchev–Trinajstić information content (AvgIpc) is 3.24. The zero-order chi connectivity index (χ0) is 17.4. The van der Waals surface area contributed by atoms with Crippen LogP contribution in [0.15, 0.2) is 43.0 Å². The Labute approximate surface area is 142 Å². The quantitative estimate of drug-likeness (QED) is 0.609. The van der Waals surface area contributed by atoms with Gasteiger partial charge in [0.05, 0.1) is 35.5 Å². The van der Waals surface area contributed by atoms with Gasteiger partial charge in [0.25, 0.3) is 5.91 Å². The minimum Gasteiger partial charge on any atom is -0.321 e. The summed E-state index contributed by atoms with van der Waals surface area (Å²) in [5, 5.41) is 16.0. The van der Waals surface area contributed by atoms with Gasteiger partial charge in [-0.2, -0.15) is 15.3 Å². The summed E-state index contributed by atoms with van der Waals surface area (Å²) >= 11 is 0. The van der Waals surface area contributed by atoms with Crippen molar-refractivity contribution in [2.24, 2.45) is 7.05 Å². The molecule has 124 valence electrons. The van der Waals surface area contributed by atoms with Crippen molar-refractivity contribution < 1.29 is 4.79 Å². The summed E-state index contributed by atoms with van der Waals surface area (Å²) in [6.07, 6.45) is 6.23. The Morgan fingerprint density at radius 2 is 1.92 bits per heavy atom. The Bertz CT molecular complexity index is 1050. The van der Waals surface area contributed by atoms with E-state index < -0.39 is 0 Å². The number of rotatable bonds is 3. The maximum Gasteiger partial charge on any atom is 0.257 e. The summed E-state index contributed by atoms with van der Waals surface area (Å²) in [7, 11) is 1.82. The van der Waals surface area contributed by atoms with Gasteiger partial charge >= 0.3 is 0 Å². The number of fused-ring (bicyclic) bond motifs is 1. The first-order valence-electron chi connectivity index (χ1n) is 7.55. The van der Waals surface area contributed by atoms with Gasteiger partial charge in [-0.25, -0.2) is 9.97 Å². The van der Waals surface area contributed by atoms with Crippen LogP contribution in [0.25, 0.3) is 16.9 Å². The number of carbonyl (C=O) groups is 1. The Hall–Kier alpha value is -3.62. The standard InChI is InChI=1S/C16H14N8O/c1-10-13-7-11(8-18-15(13)23(2)22-10)16(25)21-12-3-4-14(17-9-12)24-19-5-6-20-24/h3-9H,1-2H3,(H,21,25). The van der Waals surface area contributed by atoms with Gasteiger partial charge in [0, 0.05) is 18.6 Å². The first kappa shape index (κ1) is 14.9. The maximum atomic E-state index is 12.5. The van der Waals surface area contributed by atoms with Gasteiger partial charge in [-0.15, -0.1) is 4.80 Å². The second kappa shape index (κ2) is 5.78. The van der Waals surface area contributed by atoms with Crippen molar-refractivity contribution in [3.63, 3.8) is 0 Å². The van der Waals surface area contributed by atoms with Crippen molar-refractivity contribution in [3.8, 4) is 5.82 Å². The van der Waals surface area contributed by atoms with Gasteiger partial charge in [-0.1, -0.05) is 0 Å². The maximum absolute atomic E-state index is 12.5. The fraction of sp³-hybridized carbons (Fsp3) is 0.125. The molecule has 0 aliphatic rings. The molecule has 9 heteroatoms. The number of aromatic nitrogens is 7. The molecule has 4 aromatic rings. The first-order valence-corrected chi connectivity index (χ1v) is 7.55. The Morgan fingerprint density at radius 3 is 2.64 bits per heavy atom. The number of aryl methyl sites for hydroxylation is 2. The molecular weight excluding hydrogens is 320 g/mol. The lowest BCUT2D eigenvalue weighted by molar-refractivity contribution is 0.102. The summed E-state index contributed by atoms with van der Waals surface area (Å²) in [4.78, 5) is 22.4. The summed E-state index contributed by atoms with van der Waals surface area (Å²) in [5.41, 5.74) is 2.61. The van der Waals surface area contributed by atoms with Crippen LogP contribution >= 0.6 is 0 Å². The minimum absolute atomic E-state index is 0.260. The molecule has 0 aliphatic heterocycles. The summed E-state index contributed by atoms with van der Waals surface area (Å²) in [5.74, 6) is 0.307. The van der Waals surface area contributed by atoms with Crippen LogP contribution in [-0.2, 0) is 7.05 Å². The molecule has 0 atom stereocenters. The predicted molar refractivity (Wildman–Crippen MR) is 90.4 cm³/mol. The van der Waals surface area contributed by atoms with E-state index in [1.807, 2.05) is 14.0 Å². The molecule has 0 radical (unpaired) electrons. The molecule has 0 aromatic carbocycles. The molecule has 4 rings (SSSR count). The van der Waals surface area contributed by atoms with Crippen LogP contribution in [0.5, 0.6) is 0 Å². The Kier molecular flexibility index (Phi) is 3.46. The molecule has 9 nitrogen and oxygen atoms in total. The molecule has 4 heterocycles. The molecule has 1 N–H and O–H groups in total. The number of hydrogen-bond acceptors (Lipinski definition) is 6. The molecule has 0 spiro atoms. The zero-order valence-corrected chi connectivity index (χ0v) is 13.6. The largest absolute Gasteiger partial charge is 0.321 e. The van der Waals surface area contributed by atoms with Gasteiger partial charge in [-0.05, 0) is 25.1 Å². The molecule has 1 amide bonds. The van der Waals surface area contributed by atoms with Crippen LogP contribution in [0.4, 0.5) is 5.69 Å². The Balaban J connectivity index is 1.56. The van der Waals surface area contributed by atoms with E-state index in [4.69, 9.17) is 0 Å². The van der Waals surface area contributed by atoms with Gasteiger partial charge in [0.15, 0.2) is 11.5 Å². The van der Waals surface area contributed by atoms with E-state index in [0.29, 0.717) is 17.1 Å². The fourth-order valence-electron chi connectivity index (χ4n) is 2.55. The number of anilines is 1. The molecule has 0 saturated carbocycles. The molecule has 0 bridgehead atoms. The van der Waals surface area contributed by atoms with Crippen molar-refractivity contribution >= 4 is 22.6 Å². The van der Waals surface area contributed by atoms with Crippen molar-refractivity contribution in [1.29, 1.82) is 0 Å². The second-order valence-electron chi connectivity index (χ2n) is 5.48. The lowest BCUT2D eigenvalue weighted by Crippen LogP contribution is -2.13. The van der Waals surface area contributed by atoms with E-state index >= 15 is 0 Å². The van der Waals surface area contributed by atoms with E-state index in [2.05, 4.69) is 30.6 Å². The lowest BCUT2D eigenvalue weighted by Gasteiger charge is -2.06. The van der Waals surface area contributed by atoms with E-state index in [0.717, 1.165) is 16.7 Å². The number of pyridine rings is 2. The molecular formula is C16H14N8O. The highest BCUT2D eigenvalue weighted by Gasteiger charge is 2.12. The second-order valence-corrected chi connectivity index (χ2v) is 5.48. The van der Waals surface area contributed by atoms with Crippen LogP contribution in [0, 0.1) is 6.92 Å². The zero-order valence-electron chi connectivity index (χ0n) is 13.6. The van der Waals surface area contributed by atoms with Crippen LogP contribution in [0.3, 0.4) is 0 Å². The topological polar surface area (TPSA) is 103 Å². The van der Waals surface area contributed by atoms with Gasteiger partial charge in [0.1, 0.15) is 0 Å². The van der Waals surface area contributed by atoms with Crippen molar-refractivity contribution in [2.45, 2.75) is 6.92 Å². The highest BCUT2D eigenvalue weighted by Crippen LogP contribution is 2.17. The number of nitrogens with one attached hydrogen (secondary N) is 1. The highest BCUT2D eigenvalue weighted by atomic mass is 16.1. The van der Waals surface area contributed by atoms with Crippen LogP contribution in [0.1, 0.15) is 16.1 Å². The highest BCUT2D eigenvalue weighted by molar-refractivity contribution is 6.05. The third-order valence-electron chi connectivity index (χ3n) is 3.75. The predicted octanol–water partition coefficient (Wildman–Crippen LogP) is 1.50. The number of amides is 1. The SMILES string of the molecule is Cc1nn(C)c2ncc(C(=O)Nc3ccc(-n4nccn4)nc3)cc12. The minimum atomic E-state index is -0.260. The summed E-state index contributed by atoms with van der Waals surface area (Å²) in [6, 6.07) is 5.25. The first-order chi connectivity index (χ1) is 12.1. The monoisotopic (exact) mass is 334 g/mol. The van der Waals surface area contributed by atoms with Crippen LogP contribution < -0.4 is 5.32 Å². The summed E-state index contributed by atoms with van der Waals surface area (Å²) < 4.78 is 1.69. The summed E-state index contributed by atoms with van der Waals surface area (Å²) in [6.45, 7) is 1.89. The molecule has 25 heavy (non-hydrogen) atoms. The number of nitrogens with zero attached hydrogens (tertiary/aromatic N) is 7. The smallest absolute Gasteiger partial charge is 0.257 e. The van der Waals surface area contributed by atoms with Crippen molar-refractivity contribution in [2.75, 3.05) is 5.32 Å². The Morgan fingerprint density at radius 1 is 1.12 bits per heavy atom. The van der Waals surface area contributed by atoms with Gasteiger partial charge < -0.3 is 5.32 Å². The van der Waals surface area contributed by atoms with Crippen molar-refractivity contribution in [1.82, 2.24) is 34.7 Å². The normalized spacial score (nSPS) is 11.0.